The maximum absolute atomic E-state index is 11.4. The number of benzene rings is 1. The monoisotopic (exact) mass is 253 g/mol. The van der Waals surface area contributed by atoms with Crippen LogP contribution in [0.1, 0.15) is 6.92 Å². The van der Waals surface area contributed by atoms with Gasteiger partial charge < -0.3 is 19.9 Å². The van der Waals surface area contributed by atoms with Gasteiger partial charge in [0.25, 0.3) is 0 Å². The average molecular weight is 253 g/mol. The Morgan fingerprint density at radius 3 is 2.44 bits per heavy atom. The molecular formula is C12H15NO5. The SMILES string of the molecule is COc1ccc(NC(=O)CO[C@@H](C)C(=O)O)cc1. The summed E-state index contributed by atoms with van der Waals surface area (Å²) in [7, 11) is 1.55. The zero-order chi connectivity index (χ0) is 13.5. The predicted molar refractivity (Wildman–Crippen MR) is 64.7 cm³/mol. The van der Waals surface area contributed by atoms with E-state index >= 15 is 0 Å². The summed E-state index contributed by atoms with van der Waals surface area (Å²) >= 11 is 0. The maximum Gasteiger partial charge on any atom is 0.332 e. The van der Waals surface area contributed by atoms with E-state index in [4.69, 9.17) is 14.6 Å². The molecule has 1 rings (SSSR count). The number of carbonyl (C=O) groups excluding carboxylic acids is 1. The molecular weight excluding hydrogens is 238 g/mol. The number of aliphatic carboxylic acids is 1. The fourth-order valence-corrected chi connectivity index (χ4v) is 1.14. The largest absolute Gasteiger partial charge is 0.497 e. The van der Waals surface area contributed by atoms with Crippen molar-refractivity contribution < 1.29 is 24.2 Å². The van der Waals surface area contributed by atoms with Crippen LogP contribution in [0.15, 0.2) is 24.3 Å². The van der Waals surface area contributed by atoms with Crippen LogP contribution in [-0.2, 0) is 14.3 Å². The normalized spacial score (nSPS) is 11.7. The number of methoxy groups -OCH3 is 1. The minimum Gasteiger partial charge on any atom is -0.497 e. The number of carboxylic acid groups (broad SMARTS) is 1. The van der Waals surface area contributed by atoms with Crippen LogP contribution in [-0.4, -0.2) is 36.8 Å². The van der Waals surface area contributed by atoms with Gasteiger partial charge in [0.2, 0.25) is 5.91 Å². The Balaban J connectivity index is 2.42. The number of hydrogen-bond acceptors (Lipinski definition) is 4. The number of hydrogen-bond donors (Lipinski definition) is 2. The number of carboxylic acids is 1. The first-order valence-corrected chi connectivity index (χ1v) is 5.31. The summed E-state index contributed by atoms with van der Waals surface area (Å²) < 4.78 is 9.82. The van der Waals surface area contributed by atoms with Gasteiger partial charge in [0.05, 0.1) is 7.11 Å². The Morgan fingerprint density at radius 1 is 1.33 bits per heavy atom. The fraction of sp³-hybridized carbons (Fsp3) is 0.333. The molecule has 0 aliphatic heterocycles. The Hall–Kier alpha value is -2.08. The summed E-state index contributed by atoms with van der Waals surface area (Å²) in [5.41, 5.74) is 0.590. The minimum atomic E-state index is -1.10. The van der Waals surface area contributed by atoms with E-state index in [9.17, 15) is 9.59 Å². The average Bonchev–Trinajstić information content (AvgIpc) is 2.36. The number of anilines is 1. The molecule has 0 aromatic heterocycles. The first-order valence-electron chi connectivity index (χ1n) is 5.31. The van der Waals surface area contributed by atoms with Gasteiger partial charge in [-0.15, -0.1) is 0 Å². The van der Waals surface area contributed by atoms with Crippen molar-refractivity contribution in [3.05, 3.63) is 24.3 Å². The number of ether oxygens (including phenoxy) is 2. The zero-order valence-corrected chi connectivity index (χ0v) is 10.2. The lowest BCUT2D eigenvalue weighted by molar-refractivity contribution is -0.150. The van der Waals surface area contributed by atoms with Crippen LogP contribution in [0.3, 0.4) is 0 Å². The summed E-state index contributed by atoms with van der Waals surface area (Å²) in [4.78, 5) is 21.9. The highest BCUT2D eigenvalue weighted by molar-refractivity contribution is 5.91. The summed E-state index contributed by atoms with van der Waals surface area (Å²) in [5, 5.41) is 11.1. The molecule has 0 saturated heterocycles. The minimum absolute atomic E-state index is 0.306. The molecule has 0 aliphatic carbocycles. The van der Waals surface area contributed by atoms with Gasteiger partial charge in [0, 0.05) is 5.69 Å². The highest BCUT2D eigenvalue weighted by atomic mass is 16.5. The van der Waals surface area contributed by atoms with Crippen molar-refractivity contribution in [2.45, 2.75) is 13.0 Å². The lowest BCUT2D eigenvalue weighted by atomic mass is 10.3. The third kappa shape index (κ3) is 4.42. The van der Waals surface area contributed by atoms with Crippen LogP contribution < -0.4 is 10.1 Å². The molecule has 2 N–H and O–H groups in total. The van der Waals surface area contributed by atoms with Crippen LogP contribution in [0.25, 0.3) is 0 Å². The second-order valence-electron chi connectivity index (χ2n) is 3.57. The molecule has 0 unspecified atom stereocenters. The molecule has 1 aromatic rings. The van der Waals surface area contributed by atoms with E-state index in [2.05, 4.69) is 5.32 Å². The molecule has 0 heterocycles. The topological polar surface area (TPSA) is 84.9 Å². The van der Waals surface area contributed by atoms with Gasteiger partial charge in [-0.05, 0) is 31.2 Å². The van der Waals surface area contributed by atoms with Crippen LogP contribution >= 0.6 is 0 Å². The van der Waals surface area contributed by atoms with Gasteiger partial charge >= 0.3 is 5.97 Å². The van der Waals surface area contributed by atoms with Gasteiger partial charge in [-0.25, -0.2) is 4.79 Å². The van der Waals surface area contributed by atoms with E-state index in [-0.39, 0.29) is 6.61 Å². The molecule has 1 aromatic carbocycles. The first kappa shape index (κ1) is 14.0. The summed E-state index contributed by atoms with van der Waals surface area (Å²) in [6.07, 6.45) is -1.01. The molecule has 0 aliphatic rings. The fourth-order valence-electron chi connectivity index (χ4n) is 1.14. The van der Waals surface area contributed by atoms with Crippen LogP contribution in [0.4, 0.5) is 5.69 Å². The first-order chi connectivity index (χ1) is 8.52. The van der Waals surface area contributed by atoms with E-state index in [0.29, 0.717) is 11.4 Å². The summed E-state index contributed by atoms with van der Waals surface area (Å²) in [6, 6.07) is 6.77. The highest BCUT2D eigenvalue weighted by Crippen LogP contribution is 2.14. The quantitative estimate of drug-likeness (QED) is 0.793. The Bertz CT molecular complexity index is 415. The second-order valence-corrected chi connectivity index (χ2v) is 3.57. The smallest absolute Gasteiger partial charge is 0.332 e. The van der Waals surface area contributed by atoms with Gasteiger partial charge in [0.15, 0.2) is 6.10 Å². The van der Waals surface area contributed by atoms with Crippen LogP contribution in [0.5, 0.6) is 5.75 Å². The Kier molecular flexibility index (Phi) is 5.13. The van der Waals surface area contributed by atoms with Crippen LogP contribution in [0, 0.1) is 0 Å². The lowest BCUT2D eigenvalue weighted by Crippen LogP contribution is -2.26. The second kappa shape index (κ2) is 6.61. The lowest BCUT2D eigenvalue weighted by Gasteiger charge is -2.09. The third-order valence-corrected chi connectivity index (χ3v) is 2.19. The van der Waals surface area contributed by atoms with Crippen LogP contribution in [0.2, 0.25) is 0 Å². The molecule has 98 valence electrons. The number of nitrogens with one attached hydrogen (secondary N) is 1. The summed E-state index contributed by atoms with van der Waals surface area (Å²) in [5.74, 6) is -0.829. The molecule has 18 heavy (non-hydrogen) atoms. The van der Waals surface area contributed by atoms with Crippen molar-refractivity contribution in [1.29, 1.82) is 0 Å². The third-order valence-electron chi connectivity index (χ3n) is 2.19. The predicted octanol–water partition coefficient (Wildman–Crippen LogP) is 1.12. The maximum atomic E-state index is 11.4. The molecule has 1 amide bonds. The Labute approximate surface area is 105 Å². The van der Waals surface area contributed by atoms with Gasteiger partial charge in [-0.1, -0.05) is 0 Å². The van der Waals surface area contributed by atoms with E-state index in [1.165, 1.54) is 6.92 Å². The van der Waals surface area contributed by atoms with E-state index in [1.54, 1.807) is 31.4 Å². The number of amides is 1. The molecule has 0 radical (unpaired) electrons. The van der Waals surface area contributed by atoms with E-state index in [1.807, 2.05) is 0 Å². The molecule has 6 heteroatoms. The standard InChI is InChI=1S/C12H15NO5/c1-8(12(15)16)18-7-11(14)13-9-3-5-10(17-2)6-4-9/h3-6,8H,7H2,1-2H3,(H,13,14)(H,15,16)/t8-/m0/s1. The van der Waals surface area contributed by atoms with Crippen molar-refractivity contribution in [2.24, 2.45) is 0 Å². The van der Waals surface area contributed by atoms with E-state index in [0.717, 1.165) is 0 Å². The van der Waals surface area contributed by atoms with E-state index < -0.39 is 18.0 Å². The molecule has 0 saturated carbocycles. The molecule has 0 fully saturated rings. The van der Waals surface area contributed by atoms with Crippen molar-refractivity contribution in [2.75, 3.05) is 19.0 Å². The van der Waals surface area contributed by atoms with Gasteiger partial charge in [-0.2, -0.15) is 0 Å². The Morgan fingerprint density at radius 2 is 1.94 bits per heavy atom. The number of rotatable bonds is 6. The van der Waals surface area contributed by atoms with Gasteiger partial charge in [-0.3, -0.25) is 4.79 Å². The molecule has 0 bridgehead atoms. The zero-order valence-electron chi connectivity index (χ0n) is 10.2. The van der Waals surface area contributed by atoms with Gasteiger partial charge in [0.1, 0.15) is 12.4 Å². The summed E-state index contributed by atoms with van der Waals surface area (Å²) in [6.45, 7) is 1.06. The van der Waals surface area contributed by atoms with Crippen molar-refractivity contribution in [1.82, 2.24) is 0 Å². The molecule has 0 spiro atoms. The van der Waals surface area contributed by atoms with Crippen molar-refractivity contribution >= 4 is 17.6 Å². The highest BCUT2D eigenvalue weighted by Gasteiger charge is 2.13. The van der Waals surface area contributed by atoms with Crippen molar-refractivity contribution in [3.8, 4) is 5.75 Å². The molecule has 1 atom stereocenters. The number of carbonyl (C=O) groups is 2. The van der Waals surface area contributed by atoms with Crippen molar-refractivity contribution in [3.63, 3.8) is 0 Å². The molecule has 6 nitrogen and oxygen atoms in total.